The van der Waals surface area contributed by atoms with Crippen LogP contribution < -0.4 is 5.32 Å². The van der Waals surface area contributed by atoms with Gasteiger partial charge < -0.3 is 20.1 Å². The zero-order valence-electron chi connectivity index (χ0n) is 10.3. The van der Waals surface area contributed by atoms with Crippen molar-refractivity contribution >= 4 is 12.0 Å². The van der Waals surface area contributed by atoms with Crippen molar-refractivity contribution in [2.45, 2.75) is 38.9 Å². The highest BCUT2D eigenvalue weighted by Crippen LogP contribution is 2.19. The molecule has 2 atom stereocenters. The van der Waals surface area contributed by atoms with Crippen molar-refractivity contribution in [2.24, 2.45) is 0 Å². The predicted octanol–water partition coefficient (Wildman–Crippen LogP) is 0.670. The van der Waals surface area contributed by atoms with Gasteiger partial charge in [0.1, 0.15) is 0 Å². The molecule has 17 heavy (non-hydrogen) atoms. The molecule has 0 saturated carbocycles. The van der Waals surface area contributed by atoms with E-state index in [0.29, 0.717) is 32.5 Å². The average Bonchev–Trinajstić information content (AvgIpc) is 2.76. The lowest BCUT2D eigenvalue weighted by molar-refractivity contribution is -0.149. The number of carboxylic acids is 1. The maximum Gasteiger partial charge on any atom is 0.332 e. The Bertz CT molecular complexity index is 279. The third-order valence-corrected chi connectivity index (χ3v) is 2.91. The van der Waals surface area contributed by atoms with Crippen LogP contribution in [-0.4, -0.2) is 53.8 Å². The van der Waals surface area contributed by atoms with Crippen molar-refractivity contribution in [1.82, 2.24) is 10.2 Å². The highest BCUT2D eigenvalue weighted by atomic mass is 16.5. The average molecular weight is 244 g/mol. The van der Waals surface area contributed by atoms with E-state index in [9.17, 15) is 9.59 Å². The van der Waals surface area contributed by atoms with E-state index in [4.69, 9.17) is 9.84 Å². The number of nitrogens with one attached hydrogen (secondary N) is 1. The number of carbonyl (C=O) groups is 2. The molecule has 6 heteroatoms. The van der Waals surface area contributed by atoms with Gasteiger partial charge in [-0.3, -0.25) is 0 Å². The second-order valence-corrected chi connectivity index (χ2v) is 4.02. The van der Waals surface area contributed by atoms with E-state index >= 15 is 0 Å². The van der Waals surface area contributed by atoms with Crippen LogP contribution in [0.1, 0.15) is 26.7 Å². The molecule has 1 saturated heterocycles. The van der Waals surface area contributed by atoms with Gasteiger partial charge in [-0.25, -0.2) is 9.59 Å². The highest BCUT2D eigenvalue weighted by Gasteiger charge is 2.30. The summed E-state index contributed by atoms with van der Waals surface area (Å²) in [6, 6.07) is -0.127. The third kappa shape index (κ3) is 3.89. The van der Waals surface area contributed by atoms with Crippen LogP contribution in [0, 0.1) is 0 Å². The van der Waals surface area contributed by atoms with E-state index in [2.05, 4.69) is 5.32 Å². The molecule has 1 aliphatic rings. The first-order valence-electron chi connectivity index (χ1n) is 5.99. The van der Waals surface area contributed by atoms with E-state index < -0.39 is 12.1 Å². The zero-order chi connectivity index (χ0) is 12.8. The first-order chi connectivity index (χ1) is 8.08. The smallest absolute Gasteiger partial charge is 0.332 e. The number of hydrogen-bond donors (Lipinski definition) is 2. The molecule has 0 aromatic rings. The molecular formula is C11H20N2O4. The number of hydrogen-bond acceptors (Lipinski definition) is 3. The number of carboxylic acid groups (broad SMARTS) is 1. The summed E-state index contributed by atoms with van der Waals surface area (Å²) in [5.74, 6) is -0.928. The molecule has 0 aromatic carbocycles. The fourth-order valence-corrected chi connectivity index (χ4v) is 1.86. The van der Waals surface area contributed by atoms with Crippen molar-refractivity contribution in [3.63, 3.8) is 0 Å². The van der Waals surface area contributed by atoms with Gasteiger partial charge in [0.25, 0.3) is 0 Å². The number of rotatable bonds is 5. The highest BCUT2D eigenvalue weighted by molar-refractivity contribution is 5.74. The lowest BCUT2D eigenvalue weighted by atomic mass is 10.2. The van der Waals surface area contributed by atoms with Crippen molar-refractivity contribution in [3.05, 3.63) is 0 Å². The molecule has 1 fully saturated rings. The minimum Gasteiger partial charge on any atom is -0.479 e. The van der Waals surface area contributed by atoms with Gasteiger partial charge in [0.2, 0.25) is 0 Å². The number of nitrogens with zero attached hydrogens (tertiary/aromatic N) is 1. The molecule has 0 aliphatic carbocycles. The number of amides is 2. The maximum absolute atomic E-state index is 11.6. The quantitative estimate of drug-likeness (QED) is 0.745. The Balaban J connectivity index is 2.28. The molecule has 1 rings (SSSR count). The Hall–Kier alpha value is -1.30. The second-order valence-electron chi connectivity index (χ2n) is 4.02. The van der Waals surface area contributed by atoms with Crippen LogP contribution in [0.4, 0.5) is 4.79 Å². The van der Waals surface area contributed by atoms with Crippen LogP contribution in [0.3, 0.4) is 0 Å². The Labute approximate surface area is 101 Å². The first kappa shape index (κ1) is 13.8. The number of aliphatic carboxylic acids is 1. The lowest BCUT2D eigenvalue weighted by Crippen LogP contribution is -2.42. The summed E-state index contributed by atoms with van der Waals surface area (Å²) in [5, 5.41) is 11.5. The van der Waals surface area contributed by atoms with Gasteiger partial charge in [0, 0.05) is 19.6 Å². The molecular weight excluding hydrogens is 224 g/mol. The molecule has 98 valence electrons. The summed E-state index contributed by atoms with van der Waals surface area (Å²) in [7, 11) is 0. The molecule has 0 spiro atoms. The summed E-state index contributed by atoms with van der Waals surface area (Å²) in [5.41, 5.74) is 0. The van der Waals surface area contributed by atoms with Gasteiger partial charge in [-0.1, -0.05) is 0 Å². The molecule has 2 unspecified atom stereocenters. The van der Waals surface area contributed by atoms with Gasteiger partial charge in [-0.05, 0) is 26.7 Å². The summed E-state index contributed by atoms with van der Waals surface area (Å²) in [6.07, 6.45) is 0.289. The number of urea groups is 1. The van der Waals surface area contributed by atoms with E-state index in [1.807, 2.05) is 13.8 Å². The molecule has 0 bridgehead atoms. The summed E-state index contributed by atoms with van der Waals surface area (Å²) in [4.78, 5) is 24.0. The van der Waals surface area contributed by atoms with Crippen LogP contribution in [0.15, 0.2) is 0 Å². The summed E-state index contributed by atoms with van der Waals surface area (Å²) < 4.78 is 5.29. The van der Waals surface area contributed by atoms with Gasteiger partial charge in [-0.2, -0.15) is 0 Å². The predicted molar refractivity (Wildman–Crippen MR) is 61.9 cm³/mol. The Morgan fingerprint density at radius 1 is 1.35 bits per heavy atom. The standard InChI is InChI=1S/C11H20N2O4/c1-3-13(4-2)11(16)12-7-8-5-6-9(17-8)10(14)15/h8-9H,3-7H2,1-2H3,(H,12,16)(H,14,15). The van der Waals surface area contributed by atoms with Crippen molar-refractivity contribution in [1.29, 1.82) is 0 Å². The van der Waals surface area contributed by atoms with Crippen molar-refractivity contribution in [2.75, 3.05) is 19.6 Å². The fraction of sp³-hybridized carbons (Fsp3) is 0.818. The summed E-state index contributed by atoms with van der Waals surface area (Å²) >= 11 is 0. The molecule has 1 aliphatic heterocycles. The minimum absolute atomic E-state index is 0.127. The molecule has 0 aromatic heterocycles. The molecule has 2 amide bonds. The molecule has 6 nitrogen and oxygen atoms in total. The van der Waals surface area contributed by atoms with Gasteiger partial charge >= 0.3 is 12.0 Å². The Kier molecular flexibility index (Phi) is 5.21. The topological polar surface area (TPSA) is 78.9 Å². The van der Waals surface area contributed by atoms with Crippen molar-refractivity contribution in [3.8, 4) is 0 Å². The minimum atomic E-state index is -0.928. The Morgan fingerprint density at radius 3 is 2.47 bits per heavy atom. The number of ether oxygens (including phenoxy) is 1. The first-order valence-corrected chi connectivity index (χ1v) is 5.99. The van der Waals surface area contributed by atoms with Gasteiger partial charge in [-0.15, -0.1) is 0 Å². The molecule has 0 radical (unpaired) electrons. The van der Waals surface area contributed by atoms with E-state index in [0.717, 1.165) is 0 Å². The van der Waals surface area contributed by atoms with Gasteiger partial charge in [0.15, 0.2) is 6.10 Å². The molecule has 2 N–H and O–H groups in total. The van der Waals surface area contributed by atoms with Gasteiger partial charge in [0.05, 0.1) is 6.10 Å². The van der Waals surface area contributed by atoms with Crippen LogP contribution in [0.25, 0.3) is 0 Å². The van der Waals surface area contributed by atoms with Crippen molar-refractivity contribution < 1.29 is 19.4 Å². The van der Waals surface area contributed by atoms with Crippen LogP contribution in [0.2, 0.25) is 0 Å². The number of carbonyl (C=O) groups excluding carboxylic acids is 1. The monoisotopic (exact) mass is 244 g/mol. The fourth-order valence-electron chi connectivity index (χ4n) is 1.86. The zero-order valence-corrected chi connectivity index (χ0v) is 10.3. The van der Waals surface area contributed by atoms with Crippen LogP contribution >= 0.6 is 0 Å². The maximum atomic E-state index is 11.6. The normalized spacial score (nSPS) is 23.4. The largest absolute Gasteiger partial charge is 0.479 e. The second kappa shape index (κ2) is 6.44. The molecule has 1 heterocycles. The third-order valence-electron chi connectivity index (χ3n) is 2.91. The van der Waals surface area contributed by atoms with E-state index in [1.165, 1.54) is 0 Å². The SMILES string of the molecule is CCN(CC)C(=O)NCC1CCC(C(=O)O)O1. The van der Waals surface area contributed by atoms with E-state index in [-0.39, 0.29) is 12.1 Å². The van der Waals surface area contributed by atoms with Crippen LogP contribution in [0.5, 0.6) is 0 Å². The Morgan fingerprint density at radius 2 is 2.00 bits per heavy atom. The van der Waals surface area contributed by atoms with E-state index in [1.54, 1.807) is 4.90 Å². The lowest BCUT2D eigenvalue weighted by Gasteiger charge is -2.20. The summed E-state index contributed by atoms with van der Waals surface area (Å²) in [6.45, 7) is 5.52. The van der Waals surface area contributed by atoms with Crippen LogP contribution in [-0.2, 0) is 9.53 Å².